The van der Waals surface area contributed by atoms with Crippen molar-refractivity contribution in [2.24, 2.45) is 0 Å². The van der Waals surface area contributed by atoms with Crippen LogP contribution < -0.4 is 10.6 Å². The Bertz CT molecular complexity index is 1230. The van der Waals surface area contributed by atoms with Crippen LogP contribution in [0.5, 0.6) is 0 Å². The van der Waals surface area contributed by atoms with Gasteiger partial charge in [-0.25, -0.2) is 9.59 Å². The Morgan fingerprint density at radius 2 is 1.63 bits per heavy atom. The molecule has 2 amide bonds. The van der Waals surface area contributed by atoms with Gasteiger partial charge < -0.3 is 20.5 Å². The molecular formula is C27H25BrN2O5. The third-order valence-electron chi connectivity index (χ3n) is 6.08. The quantitative estimate of drug-likeness (QED) is 0.337. The summed E-state index contributed by atoms with van der Waals surface area (Å²) >= 11 is 3.28. The van der Waals surface area contributed by atoms with Gasteiger partial charge in [0, 0.05) is 22.9 Å². The topological polar surface area (TPSA) is 105 Å². The number of nitrogens with one attached hydrogen (secondary N) is 2. The van der Waals surface area contributed by atoms with Gasteiger partial charge in [0.1, 0.15) is 6.61 Å². The summed E-state index contributed by atoms with van der Waals surface area (Å²) in [5.41, 5.74) is 5.14. The zero-order chi connectivity index (χ0) is 24.9. The molecule has 0 saturated heterocycles. The number of rotatable bonds is 8. The maximum Gasteiger partial charge on any atom is 0.407 e. The van der Waals surface area contributed by atoms with E-state index in [2.05, 4.69) is 50.8 Å². The normalized spacial score (nSPS) is 12.9. The van der Waals surface area contributed by atoms with Crippen molar-refractivity contribution in [2.45, 2.75) is 31.7 Å². The first-order valence-electron chi connectivity index (χ1n) is 11.3. The summed E-state index contributed by atoms with van der Waals surface area (Å²) in [4.78, 5) is 36.2. The highest BCUT2D eigenvalue weighted by Gasteiger charge is 2.29. The van der Waals surface area contributed by atoms with Crippen molar-refractivity contribution in [3.8, 4) is 11.1 Å². The summed E-state index contributed by atoms with van der Waals surface area (Å²) in [6, 6.07) is 20.2. The van der Waals surface area contributed by atoms with Gasteiger partial charge in [-0.15, -0.1) is 0 Å². The van der Waals surface area contributed by atoms with Gasteiger partial charge in [0.2, 0.25) is 5.91 Å². The lowest BCUT2D eigenvalue weighted by Crippen LogP contribution is -2.38. The number of alkyl carbamates (subject to hydrolysis) is 1. The van der Waals surface area contributed by atoms with Gasteiger partial charge in [0.05, 0.1) is 11.3 Å². The summed E-state index contributed by atoms with van der Waals surface area (Å²) < 4.78 is 6.04. The number of carbonyl (C=O) groups is 3. The predicted molar refractivity (Wildman–Crippen MR) is 137 cm³/mol. The molecule has 1 aliphatic carbocycles. The molecule has 0 radical (unpaired) electrons. The zero-order valence-corrected chi connectivity index (χ0v) is 20.7. The van der Waals surface area contributed by atoms with E-state index < -0.39 is 18.1 Å². The van der Waals surface area contributed by atoms with E-state index in [0.29, 0.717) is 16.6 Å². The molecule has 3 N–H and O–H groups in total. The Morgan fingerprint density at radius 1 is 1.00 bits per heavy atom. The van der Waals surface area contributed by atoms with E-state index in [-0.39, 0.29) is 30.4 Å². The Labute approximate surface area is 211 Å². The van der Waals surface area contributed by atoms with Crippen molar-refractivity contribution in [1.82, 2.24) is 5.32 Å². The molecule has 35 heavy (non-hydrogen) atoms. The van der Waals surface area contributed by atoms with E-state index in [1.165, 1.54) is 18.2 Å². The van der Waals surface area contributed by atoms with Crippen LogP contribution in [0.3, 0.4) is 0 Å². The van der Waals surface area contributed by atoms with Crippen LogP contribution in [0.15, 0.2) is 71.2 Å². The van der Waals surface area contributed by atoms with Gasteiger partial charge in [-0.05, 0) is 62.8 Å². The Hall–Kier alpha value is -3.65. The molecule has 0 bridgehead atoms. The van der Waals surface area contributed by atoms with Crippen LogP contribution in [-0.2, 0) is 9.53 Å². The molecule has 1 atom stereocenters. The molecule has 0 aliphatic heterocycles. The fourth-order valence-electron chi connectivity index (χ4n) is 4.28. The number of halogens is 1. The number of anilines is 1. The number of carboxylic acids is 1. The van der Waals surface area contributed by atoms with Crippen LogP contribution in [0, 0.1) is 0 Å². The second-order valence-corrected chi connectivity index (χ2v) is 9.18. The highest BCUT2D eigenvalue weighted by molar-refractivity contribution is 9.10. The van der Waals surface area contributed by atoms with E-state index >= 15 is 0 Å². The molecule has 3 aromatic carbocycles. The molecule has 0 heterocycles. The van der Waals surface area contributed by atoms with Gasteiger partial charge in [0.25, 0.3) is 0 Å². The first-order valence-corrected chi connectivity index (χ1v) is 12.1. The summed E-state index contributed by atoms with van der Waals surface area (Å²) in [5.74, 6) is -1.40. The second kappa shape index (κ2) is 10.7. The zero-order valence-electron chi connectivity index (χ0n) is 19.1. The molecule has 0 saturated carbocycles. The molecular weight excluding hydrogens is 512 g/mol. The van der Waals surface area contributed by atoms with E-state index in [1.54, 1.807) is 0 Å². The maximum absolute atomic E-state index is 12.6. The fourth-order valence-corrected chi connectivity index (χ4v) is 4.76. The first-order chi connectivity index (χ1) is 16.9. The largest absolute Gasteiger partial charge is 0.478 e. The average molecular weight is 537 g/mol. The maximum atomic E-state index is 12.6. The van der Waals surface area contributed by atoms with Crippen molar-refractivity contribution in [3.63, 3.8) is 0 Å². The van der Waals surface area contributed by atoms with Crippen LogP contribution in [0.25, 0.3) is 11.1 Å². The summed E-state index contributed by atoms with van der Waals surface area (Å²) in [6.07, 6.45) is 0.0170. The Morgan fingerprint density at radius 3 is 2.20 bits per heavy atom. The van der Waals surface area contributed by atoms with E-state index in [0.717, 1.165) is 22.3 Å². The van der Waals surface area contributed by atoms with Crippen LogP contribution in [-0.4, -0.2) is 35.7 Å². The fraction of sp³-hybridized carbons (Fsp3) is 0.222. The average Bonchev–Trinajstić information content (AvgIpc) is 3.17. The number of fused-ring (bicyclic) bond motifs is 3. The van der Waals surface area contributed by atoms with Gasteiger partial charge in [-0.3, -0.25) is 4.79 Å². The van der Waals surface area contributed by atoms with Crippen molar-refractivity contribution >= 4 is 39.6 Å². The number of carbonyl (C=O) groups excluding carboxylic acids is 2. The minimum atomic E-state index is -1.05. The molecule has 3 aromatic rings. The number of hydrogen-bond acceptors (Lipinski definition) is 4. The number of benzene rings is 3. The summed E-state index contributed by atoms with van der Waals surface area (Å²) in [5, 5.41) is 14.6. The van der Waals surface area contributed by atoms with Crippen LogP contribution in [0.2, 0.25) is 0 Å². The summed E-state index contributed by atoms with van der Waals surface area (Å²) in [6.45, 7) is 2.07. The van der Waals surface area contributed by atoms with Crippen molar-refractivity contribution < 1.29 is 24.2 Å². The molecule has 0 spiro atoms. The van der Waals surface area contributed by atoms with Crippen molar-refractivity contribution in [2.75, 3.05) is 11.9 Å². The molecule has 0 unspecified atom stereocenters. The lowest BCUT2D eigenvalue weighted by molar-refractivity contribution is -0.116. The molecule has 0 fully saturated rings. The van der Waals surface area contributed by atoms with E-state index in [1.807, 2.05) is 31.2 Å². The summed E-state index contributed by atoms with van der Waals surface area (Å²) in [7, 11) is 0. The highest BCUT2D eigenvalue weighted by Crippen LogP contribution is 2.44. The van der Waals surface area contributed by atoms with E-state index in [9.17, 15) is 14.4 Å². The minimum absolute atomic E-state index is 0.0392. The number of amides is 2. The monoisotopic (exact) mass is 536 g/mol. The molecule has 0 aromatic heterocycles. The smallest absolute Gasteiger partial charge is 0.407 e. The number of aromatic carboxylic acids is 1. The third kappa shape index (κ3) is 5.54. The van der Waals surface area contributed by atoms with Gasteiger partial charge in [0.15, 0.2) is 0 Å². The number of hydrogen-bond donors (Lipinski definition) is 3. The molecule has 1 aliphatic rings. The minimum Gasteiger partial charge on any atom is -0.478 e. The van der Waals surface area contributed by atoms with Crippen LogP contribution >= 0.6 is 15.9 Å². The van der Waals surface area contributed by atoms with Gasteiger partial charge >= 0.3 is 12.1 Å². The lowest BCUT2D eigenvalue weighted by atomic mass is 9.98. The SMILES string of the molecule is CC[C@H](CC(=O)Nc1ccc(C(=O)O)cc1Br)NC(=O)OCC1c2ccccc2-c2ccccc21. The third-order valence-corrected chi connectivity index (χ3v) is 6.74. The Balaban J connectivity index is 1.33. The lowest BCUT2D eigenvalue weighted by Gasteiger charge is -2.19. The number of carboxylic acid groups (broad SMARTS) is 1. The van der Waals surface area contributed by atoms with Crippen LogP contribution in [0.1, 0.15) is 47.2 Å². The van der Waals surface area contributed by atoms with Gasteiger partial charge in [-0.1, -0.05) is 55.5 Å². The van der Waals surface area contributed by atoms with Crippen LogP contribution in [0.4, 0.5) is 10.5 Å². The number of ether oxygens (including phenoxy) is 1. The van der Waals surface area contributed by atoms with E-state index in [4.69, 9.17) is 9.84 Å². The standard InChI is InChI=1S/C27H25BrN2O5/c1-2-17(14-25(31)30-24-12-11-16(26(32)33)13-23(24)28)29-27(34)35-15-22-20-9-5-3-7-18(20)19-8-4-6-10-21(19)22/h3-13,17,22H,2,14-15H2,1H3,(H,29,34)(H,30,31)(H,32,33)/t17-/m1/s1. The molecule has 4 rings (SSSR count). The molecule has 180 valence electrons. The highest BCUT2D eigenvalue weighted by atomic mass is 79.9. The Kier molecular flexibility index (Phi) is 7.51. The van der Waals surface area contributed by atoms with Gasteiger partial charge in [-0.2, -0.15) is 0 Å². The second-order valence-electron chi connectivity index (χ2n) is 8.33. The predicted octanol–water partition coefficient (Wildman–Crippen LogP) is 5.79. The first kappa shape index (κ1) is 24.5. The van der Waals surface area contributed by atoms with Crippen molar-refractivity contribution in [3.05, 3.63) is 87.9 Å². The molecule has 8 heteroatoms. The molecule has 7 nitrogen and oxygen atoms in total. The van der Waals surface area contributed by atoms with Crippen molar-refractivity contribution in [1.29, 1.82) is 0 Å².